The van der Waals surface area contributed by atoms with E-state index in [-0.39, 0.29) is 6.42 Å². The average molecular weight is 270 g/mol. The molecule has 0 unspecified atom stereocenters. The fourth-order valence-corrected chi connectivity index (χ4v) is 3.30. The molecule has 6 heteroatoms. The SMILES string of the molecule is CC(C)Sc1nc2sccn2c1CCC(=O)O. The number of aryl methyl sites for hydroxylation is 1. The van der Waals surface area contributed by atoms with E-state index in [1.807, 2.05) is 16.0 Å². The summed E-state index contributed by atoms with van der Waals surface area (Å²) in [5, 5.41) is 12.2. The number of carbonyl (C=O) groups is 1. The van der Waals surface area contributed by atoms with Gasteiger partial charge in [0.25, 0.3) is 0 Å². The third kappa shape index (κ3) is 2.81. The molecule has 0 saturated carbocycles. The van der Waals surface area contributed by atoms with Crippen LogP contribution in [-0.4, -0.2) is 25.7 Å². The van der Waals surface area contributed by atoms with Crippen LogP contribution in [0.5, 0.6) is 0 Å². The lowest BCUT2D eigenvalue weighted by Gasteiger charge is -2.04. The van der Waals surface area contributed by atoms with Crippen molar-refractivity contribution in [3.8, 4) is 0 Å². The molecule has 0 fully saturated rings. The third-order valence-electron chi connectivity index (χ3n) is 2.25. The van der Waals surface area contributed by atoms with Crippen LogP contribution in [0.2, 0.25) is 0 Å². The van der Waals surface area contributed by atoms with Crippen molar-refractivity contribution in [2.45, 2.75) is 37.0 Å². The fourth-order valence-electron chi connectivity index (χ4n) is 1.58. The van der Waals surface area contributed by atoms with Gasteiger partial charge in [0.2, 0.25) is 0 Å². The van der Waals surface area contributed by atoms with Gasteiger partial charge in [0, 0.05) is 23.2 Å². The highest BCUT2D eigenvalue weighted by Crippen LogP contribution is 2.29. The Morgan fingerprint density at radius 2 is 2.41 bits per heavy atom. The lowest BCUT2D eigenvalue weighted by molar-refractivity contribution is -0.136. The summed E-state index contributed by atoms with van der Waals surface area (Å²) < 4.78 is 2.00. The first-order valence-electron chi connectivity index (χ1n) is 5.41. The van der Waals surface area contributed by atoms with Gasteiger partial charge in [-0.2, -0.15) is 0 Å². The standard InChI is InChI=1S/C11H14N2O2S2/c1-7(2)17-10-8(3-4-9(14)15)13-5-6-16-11(13)12-10/h5-7H,3-4H2,1-2H3,(H,14,15). The summed E-state index contributed by atoms with van der Waals surface area (Å²) in [4.78, 5) is 16.1. The van der Waals surface area contributed by atoms with Gasteiger partial charge in [-0.1, -0.05) is 13.8 Å². The predicted octanol–water partition coefficient (Wildman–Crippen LogP) is 2.91. The average Bonchev–Trinajstić information content (AvgIpc) is 2.74. The number of carboxylic acids is 1. The number of aliphatic carboxylic acids is 1. The number of thioether (sulfide) groups is 1. The fraction of sp³-hybridized carbons (Fsp3) is 0.455. The van der Waals surface area contributed by atoms with Gasteiger partial charge in [0.1, 0.15) is 5.03 Å². The summed E-state index contributed by atoms with van der Waals surface area (Å²) in [5.74, 6) is -0.768. The molecule has 92 valence electrons. The van der Waals surface area contributed by atoms with Gasteiger partial charge in [0.05, 0.1) is 12.1 Å². The Morgan fingerprint density at radius 1 is 1.65 bits per heavy atom. The van der Waals surface area contributed by atoms with Crippen molar-refractivity contribution in [1.29, 1.82) is 0 Å². The number of fused-ring (bicyclic) bond motifs is 1. The molecule has 0 aliphatic heterocycles. The largest absolute Gasteiger partial charge is 0.481 e. The van der Waals surface area contributed by atoms with Crippen molar-refractivity contribution in [3.63, 3.8) is 0 Å². The highest BCUT2D eigenvalue weighted by molar-refractivity contribution is 7.99. The van der Waals surface area contributed by atoms with Crippen LogP contribution in [-0.2, 0) is 11.2 Å². The number of hydrogen-bond donors (Lipinski definition) is 1. The van der Waals surface area contributed by atoms with Gasteiger partial charge in [-0.3, -0.25) is 9.20 Å². The van der Waals surface area contributed by atoms with E-state index in [1.165, 1.54) is 0 Å². The highest BCUT2D eigenvalue weighted by Gasteiger charge is 2.15. The zero-order chi connectivity index (χ0) is 12.4. The van der Waals surface area contributed by atoms with Crippen molar-refractivity contribution < 1.29 is 9.90 Å². The van der Waals surface area contributed by atoms with Gasteiger partial charge >= 0.3 is 5.97 Å². The molecule has 0 amide bonds. The van der Waals surface area contributed by atoms with Gasteiger partial charge in [-0.05, 0) is 0 Å². The van der Waals surface area contributed by atoms with Crippen LogP contribution in [0.15, 0.2) is 16.6 Å². The van der Waals surface area contributed by atoms with Crippen LogP contribution >= 0.6 is 23.1 Å². The van der Waals surface area contributed by atoms with E-state index in [0.717, 1.165) is 15.7 Å². The number of imidazole rings is 1. The number of aromatic nitrogens is 2. The van der Waals surface area contributed by atoms with Gasteiger partial charge in [0.15, 0.2) is 4.96 Å². The lowest BCUT2D eigenvalue weighted by Crippen LogP contribution is -2.01. The second-order valence-electron chi connectivity index (χ2n) is 3.98. The predicted molar refractivity (Wildman–Crippen MR) is 70.0 cm³/mol. The second-order valence-corrected chi connectivity index (χ2v) is 6.42. The van der Waals surface area contributed by atoms with Crippen LogP contribution in [0.25, 0.3) is 4.96 Å². The molecule has 2 rings (SSSR count). The Morgan fingerprint density at radius 3 is 3.06 bits per heavy atom. The van der Waals surface area contributed by atoms with Crippen LogP contribution in [0.3, 0.4) is 0 Å². The quantitative estimate of drug-likeness (QED) is 0.849. The molecule has 2 heterocycles. The molecule has 0 spiro atoms. The molecule has 1 N–H and O–H groups in total. The Balaban J connectivity index is 2.32. The minimum absolute atomic E-state index is 0.148. The molecule has 17 heavy (non-hydrogen) atoms. The Kier molecular flexibility index (Phi) is 3.73. The normalized spacial score (nSPS) is 11.5. The van der Waals surface area contributed by atoms with E-state index >= 15 is 0 Å². The lowest BCUT2D eigenvalue weighted by atomic mass is 10.2. The summed E-state index contributed by atoms with van der Waals surface area (Å²) in [7, 11) is 0. The smallest absolute Gasteiger partial charge is 0.303 e. The first-order valence-corrected chi connectivity index (χ1v) is 7.16. The molecule has 4 nitrogen and oxygen atoms in total. The third-order valence-corrected chi connectivity index (χ3v) is 4.03. The Hall–Kier alpha value is -1.01. The number of thiazole rings is 1. The van der Waals surface area contributed by atoms with Crippen LogP contribution in [0.4, 0.5) is 0 Å². The van der Waals surface area contributed by atoms with Crippen LogP contribution in [0, 0.1) is 0 Å². The van der Waals surface area contributed by atoms with E-state index in [1.54, 1.807) is 23.1 Å². The Labute approximate surface area is 108 Å². The summed E-state index contributed by atoms with van der Waals surface area (Å²) in [6.45, 7) is 4.22. The van der Waals surface area contributed by atoms with Crippen LogP contribution < -0.4 is 0 Å². The zero-order valence-corrected chi connectivity index (χ0v) is 11.3. The number of rotatable bonds is 5. The minimum Gasteiger partial charge on any atom is -0.481 e. The first kappa shape index (κ1) is 12.4. The molecular formula is C11H14N2O2S2. The molecule has 2 aromatic heterocycles. The van der Waals surface area contributed by atoms with E-state index in [0.29, 0.717) is 11.7 Å². The summed E-state index contributed by atoms with van der Waals surface area (Å²) in [6.07, 6.45) is 2.63. The molecule has 0 saturated heterocycles. The van der Waals surface area contributed by atoms with Gasteiger partial charge in [-0.25, -0.2) is 4.98 Å². The molecule has 0 atom stereocenters. The van der Waals surface area contributed by atoms with Crippen molar-refractivity contribution >= 4 is 34.0 Å². The summed E-state index contributed by atoms with van der Waals surface area (Å²) in [6, 6.07) is 0. The summed E-state index contributed by atoms with van der Waals surface area (Å²) >= 11 is 3.26. The maximum atomic E-state index is 10.7. The highest BCUT2D eigenvalue weighted by atomic mass is 32.2. The molecule has 0 aliphatic carbocycles. The molecule has 0 bridgehead atoms. The topological polar surface area (TPSA) is 54.6 Å². The van der Waals surface area contributed by atoms with E-state index in [4.69, 9.17) is 5.11 Å². The van der Waals surface area contributed by atoms with E-state index in [9.17, 15) is 4.79 Å². The Bertz CT molecular complexity index is 531. The van der Waals surface area contributed by atoms with Crippen molar-refractivity contribution in [2.75, 3.05) is 0 Å². The molecular weight excluding hydrogens is 256 g/mol. The van der Waals surface area contributed by atoms with E-state index in [2.05, 4.69) is 18.8 Å². The number of carboxylic acid groups (broad SMARTS) is 1. The zero-order valence-electron chi connectivity index (χ0n) is 9.71. The van der Waals surface area contributed by atoms with Crippen molar-refractivity contribution in [2.24, 2.45) is 0 Å². The number of nitrogens with zero attached hydrogens (tertiary/aromatic N) is 2. The van der Waals surface area contributed by atoms with Gasteiger partial charge < -0.3 is 5.11 Å². The molecule has 0 radical (unpaired) electrons. The maximum absolute atomic E-state index is 10.7. The van der Waals surface area contributed by atoms with Crippen molar-refractivity contribution in [3.05, 3.63) is 17.3 Å². The van der Waals surface area contributed by atoms with Gasteiger partial charge in [-0.15, -0.1) is 23.1 Å². The van der Waals surface area contributed by atoms with Crippen molar-refractivity contribution in [1.82, 2.24) is 9.38 Å². The monoisotopic (exact) mass is 270 g/mol. The maximum Gasteiger partial charge on any atom is 0.303 e. The molecule has 0 aliphatic rings. The van der Waals surface area contributed by atoms with Crippen LogP contribution in [0.1, 0.15) is 26.0 Å². The minimum atomic E-state index is -0.768. The summed E-state index contributed by atoms with van der Waals surface area (Å²) in [5.41, 5.74) is 1.02. The second kappa shape index (κ2) is 5.10. The number of hydrogen-bond acceptors (Lipinski definition) is 4. The molecule has 0 aromatic carbocycles. The molecule has 2 aromatic rings. The van der Waals surface area contributed by atoms with E-state index < -0.39 is 5.97 Å². The first-order chi connectivity index (χ1) is 8.08.